The number of halogens is 1. The molecule has 2 aromatic carbocycles. The Morgan fingerprint density at radius 3 is 2.81 bits per heavy atom. The van der Waals surface area contributed by atoms with Crippen LogP contribution in [0.5, 0.6) is 0 Å². The molecule has 3 aromatic rings. The van der Waals surface area contributed by atoms with Gasteiger partial charge in [-0.15, -0.1) is 0 Å². The molecule has 0 saturated carbocycles. The minimum Gasteiger partial charge on any atom is -0.358 e. The van der Waals surface area contributed by atoms with Crippen LogP contribution in [0.2, 0.25) is 0 Å². The summed E-state index contributed by atoms with van der Waals surface area (Å²) in [5.41, 5.74) is 5.31. The highest BCUT2D eigenvalue weighted by Crippen LogP contribution is 2.19. The Hall–Kier alpha value is -3.48. The number of fused-ring (bicyclic) bond motifs is 1. The quantitative estimate of drug-likeness (QED) is 0.487. The van der Waals surface area contributed by atoms with Crippen molar-refractivity contribution in [3.63, 3.8) is 0 Å². The number of hydrazone groups is 1. The molecule has 26 heavy (non-hydrogen) atoms. The Morgan fingerprint density at radius 2 is 2.00 bits per heavy atom. The van der Waals surface area contributed by atoms with E-state index in [-0.39, 0.29) is 12.1 Å². The Morgan fingerprint density at radius 1 is 1.19 bits per heavy atom. The molecule has 0 bridgehead atoms. The number of hydrogen-bond donors (Lipinski definition) is 3. The molecule has 0 spiro atoms. The highest BCUT2D eigenvalue weighted by Gasteiger charge is 2.09. The molecular weight excluding hydrogens is 335 g/mol. The first kappa shape index (κ1) is 17.3. The van der Waals surface area contributed by atoms with Crippen molar-refractivity contribution in [1.29, 1.82) is 0 Å². The van der Waals surface area contributed by atoms with Gasteiger partial charge >= 0.3 is 0 Å². The van der Waals surface area contributed by atoms with Crippen molar-refractivity contribution in [3.8, 4) is 0 Å². The first-order chi connectivity index (χ1) is 12.5. The van der Waals surface area contributed by atoms with Crippen molar-refractivity contribution < 1.29 is 14.0 Å². The summed E-state index contributed by atoms with van der Waals surface area (Å²) >= 11 is 0. The predicted molar refractivity (Wildman–Crippen MR) is 97.5 cm³/mol. The van der Waals surface area contributed by atoms with E-state index in [1.807, 2.05) is 31.2 Å². The number of nitrogens with one attached hydrogen (secondary N) is 3. The fourth-order valence-electron chi connectivity index (χ4n) is 2.57. The van der Waals surface area contributed by atoms with Gasteiger partial charge in [-0.2, -0.15) is 5.10 Å². The third-order valence-corrected chi connectivity index (χ3v) is 3.82. The van der Waals surface area contributed by atoms with Crippen molar-refractivity contribution >= 4 is 28.9 Å². The summed E-state index contributed by atoms with van der Waals surface area (Å²) in [6.45, 7) is 1.65. The van der Waals surface area contributed by atoms with Crippen molar-refractivity contribution in [2.45, 2.75) is 6.92 Å². The summed E-state index contributed by atoms with van der Waals surface area (Å²) in [4.78, 5) is 26.9. The second-order valence-corrected chi connectivity index (χ2v) is 5.70. The van der Waals surface area contributed by atoms with Gasteiger partial charge in [-0.25, -0.2) is 9.82 Å². The van der Waals surface area contributed by atoms with Crippen LogP contribution in [-0.4, -0.2) is 29.6 Å². The van der Waals surface area contributed by atoms with Crippen LogP contribution in [0.25, 0.3) is 10.9 Å². The van der Waals surface area contributed by atoms with Gasteiger partial charge < -0.3 is 10.3 Å². The number of para-hydroxylation sites is 1. The zero-order valence-electron chi connectivity index (χ0n) is 14.0. The maximum Gasteiger partial charge on any atom is 0.259 e. The lowest BCUT2D eigenvalue weighted by Crippen LogP contribution is -2.34. The van der Waals surface area contributed by atoms with Gasteiger partial charge in [-0.05, 0) is 31.2 Å². The monoisotopic (exact) mass is 352 g/mol. The number of amides is 2. The van der Waals surface area contributed by atoms with Crippen molar-refractivity contribution in [2.24, 2.45) is 5.10 Å². The molecule has 0 atom stereocenters. The number of nitrogens with zero attached hydrogens (tertiary/aromatic N) is 1. The topological polar surface area (TPSA) is 86.3 Å². The number of aromatic amines is 1. The molecule has 1 heterocycles. The second kappa shape index (κ2) is 7.60. The molecule has 0 aliphatic rings. The molecule has 6 nitrogen and oxygen atoms in total. The van der Waals surface area contributed by atoms with E-state index in [2.05, 4.69) is 20.8 Å². The smallest absolute Gasteiger partial charge is 0.259 e. The number of carbonyl (C=O) groups is 2. The van der Waals surface area contributed by atoms with E-state index in [0.717, 1.165) is 28.2 Å². The lowest BCUT2D eigenvalue weighted by molar-refractivity contribution is -0.120. The van der Waals surface area contributed by atoms with Gasteiger partial charge in [0.05, 0.1) is 12.8 Å². The number of rotatable bonds is 5. The predicted octanol–water partition coefficient (Wildman–Crippen LogP) is 2.50. The van der Waals surface area contributed by atoms with Gasteiger partial charge in [-0.1, -0.05) is 24.3 Å². The average molecular weight is 352 g/mol. The molecule has 0 saturated heterocycles. The van der Waals surface area contributed by atoms with Gasteiger partial charge in [0, 0.05) is 27.7 Å². The average Bonchev–Trinajstić information content (AvgIpc) is 2.95. The Bertz CT molecular complexity index is 994. The summed E-state index contributed by atoms with van der Waals surface area (Å²) in [6, 6.07) is 13.0. The molecule has 0 aliphatic heterocycles. The largest absolute Gasteiger partial charge is 0.358 e. The van der Waals surface area contributed by atoms with Gasteiger partial charge in [0.1, 0.15) is 5.82 Å². The molecule has 132 valence electrons. The zero-order valence-corrected chi connectivity index (χ0v) is 14.0. The van der Waals surface area contributed by atoms with E-state index < -0.39 is 17.6 Å². The Balaban J connectivity index is 1.56. The van der Waals surface area contributed by atoms with Crippen LogP contribution in [0, 0.1) is 12.7 Å². The number of hydrogen-bond acceptors (Lipinski definition) is 3. The van der Waals surface area contributed by atoms with Crippen LogP contribution >= 0.6 is 0 Å². The third-order valence-electron chi connectivity index (χ3n) is 3.82. The maximum absolute atomic E-state index is 13.1. The minimum absolute atomic E-state index is 0.149. The second-order valence-electron chi connectivity index (χ2n) is 5.70. The van der Waals surface area contributed by atoms with E-state index in [1.54, 1.807) is 6.21 Å². The lowest BCUT2D eigenvalue weighted by atomic mass is 10.1. The fraction of sp³-hybridized carbons (Fsp3) is 0.105. The van der Waals surface area contributed by atoms with Crippen LogP contribution in [-0.2, 0) is 4.79 Å². The summed E-state index contributed by atoms with van der Waals surface area (Å²) in [6.07, 6.45) is 1.56. The molecule has 0 aliphatic carbocycles. The molecule has 0 fully saturated rings. The molecule has 0 unspecified atom stereocenters. The van der Waals surface area contributed by atoms with E-state index in [9.17, 15) is 14.0 Å². The van der Waals surface area contributed by atoms with Crippen molar-refractivity contribution in [3.05, 3.63) is 71.2 Å². The Kier molecular flexibility index (Phi) is 5.07. The van der Waals surface area contributed by atoms with E-state index in [1.165, 1.54) is 18.2 Å². The molecular formula is C19H17FN4O2. The molecule has 0 radical (unpaired) electrons. The van der Waals surface area contributed by atoms with Crippen molar-refractivity contribution in [2.75, 3.05) is 6.54 Å². The van der Waals surface area contributed by atoms with Crippen LogP contribution in [0.4, 0.5) is 4.39 Å². The van der Waals surface area contributed by atoms with Gasteiger partial charge in [0.25, 0.3) is 11.8 Å². The molecule has 3 N–H and O–H groups in total. The zero-order chi connectivity index (χ0) is 18.5. The third kappa shape index (κ3) is 3.94. The van der Waals surface area contributed by atoms with Crippen LogP contribution < -0.4 is 10.7 Å². The first-order valence-electron chi connectivity index (χ1n) is 7.97. The van der Waals surface area contributed by atoms with Crippen LogP contribution in [0.3, 0.4) is 0 Å². The van der Waals surface area contributed by atoms with Crippen LogP contribution in [0.1, 0.15) is 21.6 Å². The number of carbonyl (C=O) groups excluding carboxylic acids is 2. The van der Waals surface area contributed by atoms with Crippen LogP contribution in [0.15, 0.2) is 53.6 Å². The lowest BCUT2D eigenvalue weighted by Gasteiger charge is -2.04. The van der Waals surface area contributed by atoms with E-state index >= 15 is 0 Å². The number of benzene rings is 2. The molecule has 3 rings (SSSR count). The number of aromatic nitrogens is 1. The Labute approximate surface area is 149 Å². The fourth-order valence-corrected chi connectivity index (χ4v) is 2.57. The van der Waals surface area contributed by atoms with Gasteiger partial charge in [0.2, 0.25) is 0 Å². The van der Waals surface area contributed by atoms with Gasteiger partial charge in [0.15, 0.2) is 0 Å². The summed E-state index contributed by atoms with van der Waals surface area (Å²) in [5, 5.41) is 7.35. The minimum atomic E-state index is -0.531. The molecule has 7 heteroatoms. The normalized spacial score (nSPS) is 11.0. The number of aryl methyl sites for hydroxylation is 1. The number of H-pyrrole nitrogens is 1. The SMILES string of the molecule is Cc1[nH]c2ccccc2c1/C=N\NC(=O)CNC(=O)c1cccc(F)c1. The highest BCUT2D eigenvalue weighted by atomic mass is 19.1. The summed E-state index contributed by atoms with van der Waals surface area (Å²) < 4.78 is 13.1. The maximum atomic E-state index is 13.1. The highest BCUT2D eigenvalue weighted by molar-refractivity contribution is 6.01. The van der Waals surface area contributed by atoms with Crippen molar-refractivity contribution in [1.82, 2.24) is 15.7 Å². The standard InChI is InChI=1S/C19H17FN4O2/c1-12-16(15-7-2-3-8-17(15)23-12)10-22-24-18(25)11-21-19(26)13-5-4-6-14(20)9-13/h2-10,23H,11H2,1H3,(H,21,26)(H,24,25)/b22-10-. The molecule has 2 amide bonds. The van der Waals surface area contributed by atoms with E-state index in [0.29, 0.717) is 0 Å². The summed E-state index contributed by atoms with van der Waals surface area (Å²) in [7, 11) is 0. The first-order valence-corrected chi connectivity index (χ1v) is 7.97. The van der Waals surface area contributed by atoms with E-state index in [4.69, 9.17) is 0 Å². The van der Waals surface area contributed by atoms with Gasteiger partial charge in [-0.3, -0.25) is 9.59 Å². The summed E-state index contributed by atoms with van der Waals surface area (Å²) in [5.74, 6) is -1.53. The molecule has 1 aromatic heterocycles.